The molecular weight excluding hydrogens is 250 g/mol. The van der Waals surface area contributed by atoms with Crippen LogP contribution in [0.5, 0.6) is 0 Å². The monoisotopic (exact) mass is 277 g/mol. The van der Waals surface area contributed by atoms with Crippen LogP contribution in [0.2, 0.25) is 0 Å². The van der Waals surface area contributed by atoms with Crippen molar-refractivity contribution in [2.45, 2.75) is 50.8 Å². The molecule has 0 aromatic heterocycles. The summed E-state index contributed by atoms with van der Waals surface area (Å²) >= 11 is 2.04. The van der Waals surface area contributed by atoms with Gasteiger partial charge in [0.05, 0.1) is 0 Å². The molecule has 1 aromatic rings. The molecule has 1 aliphatic heterocycles. The van der Waals surface area contributed by atoms with Gasteiger partial charge in [-0.25, -0.2) is 0 Å². The Kier molecular flexibility index (Phi) is 5.35. The zero-order valence-corrected chi connectivity index (χ0v) is 13.4. The molecule has 0 spiro atoms. The molecule has 106 valence electrons. The first kappa shape index (κ1) is 14.9. The Morgan fingerprint density at radius 2 is 1.95 bits per heavy atom. The average molecular weight is 277 g/mol. The first-order chi connectivity index (χ1) is 9.24. The fourth-order valence-electron chi connectivity index (χ4n) is 3.17. The van der Waals surface area contributed by atoms with Gasteiger partial charge in [0.15, 0.2) is 0 Å². The van der Waals surface area contributed by atoms with Crippen molar-refractivity contribution >= 4 is 11.8 Å². The zero-order chi connectivity index (χ0) is 13.7. The predicted molar refractivity (Wildman–Crippen MR) is 86.1 cm³/mol. The van der Waals surface area contributed by atoms with Crippen LogP contribution in [0.1, 0.15) is 51.5 Å². The van der Waals surface area contributed by atoms with Gasteiger partial charge in [-0.1, -0.05) is 39.0 Å². The van der Waals surface area contributed by atoms with Crippen LogP contribution in [-0.2, 0) is 0 Å². The number of thioether (sulfide) groups is 1. The van der Waals surface area contributed by atoms with Crippen molar-refractivity contribution in [3.63, 3.8) is 0 Å². The van der Waals surface area contributed by atoms with Crippen molar-refractivity contribution < 1.29 is 0 Å². The Morgan fingerprint density at radius 3 is 2.63 bits per heavy atom. The normalized spacial score (nSPS) is 18.6. The van der Waals surface area contributed by atoms with E-state index in [1.807, 2.05) is 11.8 Å². The van der Waals surface area contributed by atoms with Crippen LogP contribution in [0.15, 0.2) is 29.2 Å². The van der Waals surface area contributed by atoms with Gasteiger partial charge in [0, 0.05) is 17.2 Å². The molecule has 1 aromatic carbocycles. The van der Waals surface area contributed by atoms with E-state index < -0.39 is 0 Å². The molecule has 0 radical (unpaired) electrons. The fourth-order valence-corrected chi connectivity index (χ4v) is 4.43. The Hall–Kier alpha value is -0.470. The highest BCUT2D eigenvalue weighted by Crippen LogP contribution is 2.46. The van der Waals surface area contributed by atoms with Crippen LogP contribution in [0.25, 0.3) is 0 Å². The van der Waals surface area contributed by atoms with E-state index in [-0.39, 0.29) is 0 Å². The topological polar surface area (TPSA) is 12.0 Å². The minimum atomic E-state index is 0.471. The van der Waals surface area contributed by atoms with E-state index >= 15 is 0 Å². The maximum absolute atomic E-state index is 3.58. The van der Waals surface area contributed by atoms with Gasteiger partial charge < -0.3 is 5.32 Å². The number of hydrogen-bond acceptors (Lipinski definition) is 2. The van der Waals surface area contributed by atoms with Gasteiger partial charge in [0.25, 0.3) is 0 Å². The molecule has 19 heavy (non-hydrogen) atoms. The lowest BCUT2D eigenvalue weighted by molar-refractivity contribution is 0.216. The summed E-state index contributed by atoms with van der Waals surface area (Å²) in [7, 11) is 0. The number of fused-ring (bicyclic) bond motifs is 1. The SMILES string of the molecule is CCNCC(CC)(CC)CC1CSc2ccccc21. The zero-order valence-electron chi connectivity index (χ0n) is 12.5. The predicted octanol–water partition coefficient (Wildman–Crippen LogP) is 4.68. The second-order valence-corrected chi connectivity index (χ2v) is 6.80. The van der Waals surface area contributed by atoms with E-state index in [1.54, 1.807) is 5.56 Å². The molecule has 0 aliphatic carbocycles. The molecule has 0 saturated carbocycles. The van der Waals surface area contributed by atoms with Crippen molar-refractivity contribution in [1.29, 1.82) is 0 Å². The van der Waals surface area contributed by atoms with Gasteiger partial charge in [-0.15, -0.1) is 11.8 Å². The molecule has 0 fully saturated rings. The maximum atomic E-state index is 3.58. The number of hydrogen-bond donors (Lipinski definition) is 1. The molecule has 0 saturated heterocycles. The van der Waals surface area contributed by atoms with E-state index in [9.17, 15) is 0 Å². The van der Waals surface area contributed by atoms with Crippen LogP contribution < -0.4 is 5.32 Å². The van der Waals surface area contributed by atoms with Crippen LogP contribution in [-0.4, -0.2) is 18.8 Å². The molecule has 1 nitrogen and oxygen atoms in total. The summed E-state index contributed by atoms with van der Waals surface area (Å²) in [5, 5.41) is 3.58. The molecule has 1 atom stereocenters. The van der Waals surface area contributed by atoms with E-state index in [0.29, 0.717) is 5.41 Å². The third kappa shape index (κ3) is 3.35. The van der Waals surface area contributed by atoms with Crippen molar-refractivity contribution in [3.8, 4) is 0 Å². The van der Waals surface area contributed by atoms with Crippen LogP contribution >= 0.6 is 11.8 Å². The first-order valence-corrected chi connectivity index (χ1v) is 8.65. The van der Waals surface area contributed by atoms with Gasteiger partial charge in [-0.05, 0) is 48.8 Å². The van der Waals surface area contributed by atoms with Crippen molar-refractivity contribution in [1.82, 2.24) is 5.32 Å². The van der Waals surface area contributed by atoms with E-state index in [0.717, 1.165) is 12.5 Å². The highest BCUT2D eigenvalue weighted by molar-refractivity contribution is 7.99. The summed E-state index contributed by atoms with van der Waals surface area (Å²) in [5.41, 5.74) is 2.06. The van der Waals surface area contributed by atoms with E-state index in [1.165, 1.54) is 36.5 Å². The third-order valence-electron chi connectivity index (χ3n) is 4.73. The minimum absolute atomic E-state index is 0.471. The van der Waals surface area contributed by atoms with Crippen LogP contribution in [0.3, 0.4) is 0 Å². The summed E-state index contributed by atoms with van der Waals surface area (Å²) in [6.07, 6.45) is 3.89. The highest BCUT2D eigenvalue weighted by atomic mass is 32.2. The molecule has 0 bridgehead atoms. The number of rotatable bonds is 7. The highest BCUT2D eigenvalue weighted by Gasteiger charge is 2.33. The summed E-state index contributed by atoms with van der Waals surface area (Å²) < 4.78 is 0. The van der Waals surface area contributed by atoms with Gasteiger partial charge in [-0.2, -0.15) is 0 Å². The molecule has 1 heterocycles. The lowest BCUT2D eigenvalue weighted by Crippen LogP contribution is -2.35. The van der Waals surface area contributed by atoms with Crippen LogP contribution in [0, 0.1) is 5.41 Å². The third-order valence-corrected chi connectivity index (χ3v) is 5.98. The minimum Gasteiger partial charge on any atom is -0.316 e. The van der Waals surface area contributed by atoms with Crippen molar-refractivity contribution in [3.05, 3.63) is 29.8 Å². The maximum Gasteiger partial charge on any atom is 0.0107 e. The van der Waals surface area contributed by atoms with Gasteiger partial charge in [-0.3, -0.25) is 0 Å². The smallest absolute Gasteiger partial charge is 0.0107 e. The number of nitrogens with one attached hydrogen (secondary N) is 1. The first-order valence-electron chi connectivity index (χ1n) is 7.67. The lowest BCUT2D eigenvalue weighted by Gasteiger charge is -2.34. The average Bonchev–Trinajstić information content (AvgIpc) is 2.87. The van der Waals surface area contributed by atoms with E-state index in [4.69, 9.17) is 0 Å². The molecule has 0 amide bonds. The summed E-state index contributed by atoms with van der Waals surface area (Å²) in [6, 6.07) is 8.98. The Bertz CT molecular complexity index is 398. The van der Waals surface area contributed by atoms with Crippen molar-refractivity contribution in [2.75, 3.05) is 18.8 Å². The fraction of sp³-hybridized carbons (Fsp3) is 0.647. The molecule has 1 unspecified atom stereocenters. The van der Waals surface area contributed by atoms with Gasteiger partial charge in [0.1, 0.15) is 0 Å². The Morgan fingerprint density at radius 1 is 1.21 bits per heavy atom. The number of benzene rings is 1. The van der Waals surface area contributed by atoms with Crippen LogP contribution in [0.4, 0.5) is 0 Å². The van der Waals surface area contributed by atoms with E-state index in [2.05, 4.69) is 50.4 Å². The lowest BCUT2D eigenvalue weighted by atomic mass is 9.73. The molecular formula is C17H27NS. The quantitative estimate of drug-likeness (QED) is 0.776. The summed E-state index contributed by atoms with van der Waals surface area (Å²) in [4.78, 5) is 1.51. The second-order valence-electron chi connectivity index (χ2n) is 5.74. The van der Waals surface area contributed by atoms with Gasteiger partial charge >= 0.3 is 0 Å². The summed E-state index contributed by atoms with van der Waals surface area (Å²) in [6.45, 7) is 9.16. The molecule has 2 rings (SSSR count). The van der Waals surface area contributed by atoms with Gasteiger partial charge in [0.2, 0.25) is 0 Å². The molecule has 2 heteroatoms. The van der Waals surface area contributed by atoms with Crippen molar-refractivity contribution in [2.24, 2.45) is 5.41 Å². The molecule has 1 N–H and O–H groups in total. The summed E-state index contributed by atoms with van der Waals surface area (Å²) in [5.74, 6) is 2.02. The Balaban J connectivity index is 2.10. The second kappa shape index (κ2) is 6.81. The molecule has 1 aliphatic rings. The Labute approximate surface area is 122 Å². The largest absolute Gasteiger partial charge is 0.316 e. The standard InChI is InChI=1S/C17H27NS/c1-4-17(5-2,13-18-6-3)11-14-12-19-16-10-8-7-9-15(14)16/h7-10,14,18H,4-6,11-13H2,1-3H3.